The third kappa shape index (κ3) is 2.00. The van der Waals surface area contributed by atoms with Gasteiger partial charge in [0, 0.05) is 21.7 Å². The minimum Gasteiger partial charge on any atom is -0.330 e. The molecule has 0 radical (unpaired) electrons. The molecule has 1 aromatic carbocycles. The summed E-state index contributed by atoms with van der Waals surface area (Å²) in [6.45, 7) is 5.11. The number of aryl methyl sites for hydroxylation is 2. The van der Waals surface area contributed by atoms with E-state index in [1.807, 2.05) is 11.3 Å². The van der Waals surface area contributed by atoms with Crippen molar-refractivity contribution in [2.24, 2.45) is 5.73 Å². The van der Waals surface area contributed by atoms with Crippen LogP contribution >= 0.6 is 11.3 Å². The fraction of sp³-hybridized carbons (Fsp3) is 0.375. The van der Waals surface area contributed by atoms with Crippen LogP contribution in [-0.2, 0) is 5.41 Å². The standard InChI is InChI=1S/C16H19NS/c1-11-7-12(2)9-13(8-11)14-3-4-15(18-14)16(10-17)5-6-16/h3-4,7-9H,5-6,10,17H2,1-2H3. The summed E-state index contributed by atoms with van der Waals surface area (Å²) < 4.78 is 0. The lowest BCUT2D eigenvalue weighted by molar-refractivity contribution is 0.720. The molecule has 1 fully saturated rings. The summed E-state index contributed by atoms with van der Waals surface area (Å²) >= 11 is 1.92. The van der Waals surface area contributed by atoms with E-state index in [9.17, 15) is 0 Å². The largest absolute Gasteiger partial charge is 0.330 e. The predicted molar refractivity (Wildman–Crippen MR) is 79.2 cm³/mol. The molecule has 1 aliphatic rings. The molecular formula is C16H19NS. The van der Waals surface area contributed by atoms with Crippen LogP contribution in [0.3, 0.4) is 0 Å². The molecule has 0 atom stereocenters. The average Bonchev–Trinajstić information content (AvgIpc) is 2.97. The Kier molecular flexibility index (Phi) is 2.80. The molecule has 2 heteroatoms. The molecule has 0 amide bonds. The molecule has 1 aromatic heterocycles. The minimum absolute atomic E-state index is 0.321. The second-order valence-corrected chi connectivity index (χ2v) is 6.61. The molecule has 94 valence electrons. The second kappa shape index (κ2) is 4.22. The first kappa shape index (κ1) is 11.9. The highest BCUT2D eigenvalue weighted by Gasteiger charge is 2.43. The Bertz CT molecular complexity index is 558. The van der Waals surface area contributed by atoms with Gasteiger partial charge in [-0.25, -0.2) is 0 Å². The van der Waals surface area contributed by atoms with Crippen molar-refractivity contribution in [3.8, 4) is 10.4 Å². The SMILES string of the molecule is Cc1cc(C)cc(-c2ccc(C3(CN)CC3)s2)c1. The van der Waals surface area contributed by atoms with E-state index in [4.69, 9.17) is 5.73 Å². The predicted octanol–water partition coefficient (Wildman–Crippen LogP) is 4.02. The Morgan fingerprint density at radius 2 is 1.78 bits per heavy atom. The van der Waals surface area contributed by atoms with E-state index in [0.717, 1.165) is 6.54 Å². The Morgan fingerprint density at radius 3 is 2.33 bits per heavy atom. The van der Waals surface area contributed by atoms with E-state index in [0.29, 0.717) is 5.41 Å². The Balaban J connectivity index is 1.98. The molecule has 0 spiro atoms. The maximum atomic E-state index is 5.90. The highest BCUT2D eigenvalue weighted by molar-refractivity contribution is 7.15. The number of benzene rings is 1. The van der Waals surface area contributed by atoms with Gasteiger partial charge in [-0.05, 0) is 44.4 Å². The van der Waals surface area contributed by atoms with Crippen LogP contribution in [0.25, 0.3) is 10.4 Å². The first-order valence-corrected chi connectivity index (χ1v) is 7.34. The molecule has 18 heavy (non-hydrogen) atoms. The number of nitrogens with two attached hydrogens (primary N) is 1. The van der Waals surface area contributed by atoms with Crippen molar-refractivity contribution < 1.29 is 0 Å². The minimum atomic E-state index is 0.321. The molecule has 0 saturated heterocycles. The first-order valence-electron chi connectivity index (χ1n) is 6.52. The monoisotopic (exact) mass is 257 g/mol. The number of hydrogen-bond acceptors (Lipinski definition) is 2. The maximum absolute atomic E-state index is 5.90. The van der Waals surface area contributed by atoms with E-state index >= 15 is 0 Å². The summed E-state index contributed by atoms with van der Waals surface area (Å²) in [6.07, 6.45) is 2.52. The van der Waals surface area contributed by atoms with Crippen LogP contribution in [-0.4, -0.2) is 6.54 Å². The van der Waals surface area contributed by atoms with Gasteiger partial charge in [-0.3, -0.25) is 0 Å². The molecule has 0 aliphatic heterocycles. The summed E-state index contributed by atoms with van der Waals surface area (Å²) in [5.41, 5.74) is 10.2. The Labute approximate surface area is 113 Å². The van der Waals surface area contributed by atoms with Crippen LogP contribution in [0.15, 0.2) is 30.3 Å². The summed E-state index contributed by atoms with van der Waals surface area (Å²) in [7, 11) is 0. The van der Waals surface area contributed by atoms with E-state index in [1.165, 1.54) is 39.3 Å². The van der Waals surface area contributed by atoms with Gasteiger partial charge in [0.2, 0.25) is 0 Å². The van der Waals surface area contributed by atoms with Crippen molar-refractivity contribution in [2.45, 2.75) is 32.1 Å². The van der Waals surface area contributed by atoms with E-state index in [2.05, 4.69) is 44.2 Å². The molecule has 1 saturated carbocycles. The first-order chi connectivity index (χ1) is 8.63. The van der Waals surface area contributed by atoms with Crippen LogP contribution in [0.1, 0.15) is 28.8 Å². The van der Waals surface area contributed by atoms with Crippen LogP contribution in [0.4, 0.5) is 0 Å². The van der Waals surface area contributed by atoms with Crippen LogP contribution < -0.4 is 5.73 Å². The van der Waals surface area contributed by atoms with Gasteiger partial charge >= 0.3 is 0 Å². The highest BCUT2D eigenvalue weighted by Crippen LogP contribution is 2.50. The van der Waals surface area contributed by atoms with Gasteiger partial charge in [0.1, 0.15) is 0 Å². The molecular weight excluding hydrogens is 238 g/mol. The molecule has 1 heterocycles. The van der Waals surface area contributed by atoms with Crippen molar-refractivity contribution >= 4 is 11.3 Å². The van der Waals surface area contributed by atoms with Gasteiger partial charge < -0.3 is 5.73 Å². The molecule has 0 unspecified atom stereocenters. The quantitative estimate of drug-likeness (QED) is 0.883. The molecule has 2 N–H and O–H groups in total. The van der Waals surface area contributed by atoms with Crippen molar-refractivity contribution in [1.82, 2.24) is 0 Å². The van der Waals surface area contributed by atoms with Gasteiger partial charge in [0.25, 0.3) is 0 Å². The van der Waals surface area contributed by atoms with E-state index in [-0.39, 0.29) is 0 Å². The average molecular weight is 257 g/mol. The third-order valence-electron chi connectivity index (χ3n) is 3.88. The van der Waals surface area contributed by atoms with E-state index in [1.54, 1.807) is 0 Å². The van der Waals surface area contributed by atoms with Crippen LogP contribution in [0.2, 0.25) is 0 Å². The summed E-state index contributed by atoms with van der Waals surface area (Å²) in [4.78, 5) is 2.84. The van der Waals surface area contributed by atoms with Gasteiger partial charge in [0.15, 0.2) is 0 Å². The number of thiophene rings is 1. The number of rotatable bonds is 3. The van der Waals surface area contributed by atoms with Gasteiger partial charge in [-0.15, -0.1) is 11.3 Å². The molecule has 1 aliphatic carbocycles. The molecule has 3 rings (SSSR count). The maximum Gasteiger partial charge on any atom is 0.0346 e. The van der Waals surface area contributed by atoms with Crippen molar-refractivity contribution in [2.75, 3.05) is 6.54 Å². The van der Waals surface area contributed by atoms with Crippen molar-refractivity contribution in [3.05, 3.63) is 46.3 Å². The summed E-state index contributed by atoms with van der Waals surface area (Å²) in [5.74, 6) is 0. The summed E-state index contributed by atoms with van der Waals surface area (Å²) in [5, 5.41) is 0. The van der Waals surface area contributed by atoms with Crippen molar-refractivity contribution in [3.63, 3.8) is 0 Å². The lowest BCUT2D eigenvalue weighted by Gasteiger charge is -2.08. The van der Waals surface area contributed by atoms with Gasteiger partial charge in [0.05, 0.1) is 0 Å². The lowest BCUT2D eigenvalue weighted by atomic mass is 10.0. The Morgan fingerprint density at radius 1 is 1.11 bits per heavy atom. The topological polar surface area (TPSA) is 26.0 Å². The van der Waals surface area contributed by atoms with Crippen LogP contribution in [0.5, 0.6) is 0 Å². The highest BCUT2D eigenvalue weighted by atomic mass is 32.1. The second-order valence-electron chi connectivity index (χ2n) is 5.52. The van der Waals surface area contributed by atoms with Gasteiger partial charge in [-0.2, -0.15) is 0 Å². The van der Waals surface area contributed by atoms with E-state index < -0.39 is 0 Å². The molecule has 0 bridgehead atoms. The Hall–Kier alpha value is -1.12. The fourth-order valence-electron chi connectivity index (χ4n) is 2.60. The third-order valence-corrected chi connectivity index (χ3v) is 5.26. The smallest absolute Gasteiger partial charge is 0.0346 e. The zero-order valence-electron chi connectivity index (χ0n) is 11.0. The molecule has 2 aromatic rings. The summed E-state index contributed by atoms with van der Waals surface area (Å²) in [6, 6.07) is 11.3. The van der Waals surface area contributed by atoms with Crippen molar-refractivity contribution in [1.29, 1.82) is 0 Å². The zero-order valence-corrected chi connectivity index (χ0v) is 11.8. The van der Waals surface area contributed by atoms with Crippen LogP contribution in [0, 0.1) is 13.8 Å². The van der Waals surface area contributed by atoms with Gasteiger partial charge in [-0.1, -0.05) is 29.3 Å². The fourth-order valence-corrected chi connectivity index (χ4v) is 3.85. The molecule has 1 nitrogen and oxygen atoms in total. The lowest BCUT2D eigenvalue weighted by Crippen LogP contribution is -2.18. The normalized spacial score (nSPS) is 16.8. The number of hydrogen-bond donors (Lipinski definition) is 1. The zero-order chi connectivity index (χ0) is 12.8.